The van der Waals surface area contributed by atoms with E-state index in [-0.39, 0.29) is 17.7 Å². The third kappa shape index (κ3) is 3.56. The molecule has 0 atom stereocenters. The SMILES string of the molecule is CCOC(=O)c1c(N2CC[N+](C)(C)CC2)c2ccc(C)nc2n(CC)c1=O. The number of rotatable bonds is 4. The molecule has 0 aliphatic carbocycles. The molecule has 0 amide bonds. The topological polar surface area (TPSA) is 64.4 Å². The molecule has 1 fully saturated rings. The minimum atomic E-state index is -0.554. The number of aromatic nitrogens is 2. The molecule has 7 heteroatoms. The van der Waals surface area contributed by atoms with Gasteiger partial charge >= 0.3 is 5.97 Å². The van der Waals surface area contributed by atoms with Crippen molar-refractivity contribution in [2.45, 2.75) is 27.3 Å². The van der Waals surface area contributed by atoms with Crippen LogP contribution in [0.4, 0.5) is 5.69 Å². The molecule has 3 rings (SSSR count). The van der Waals surface area contributed by atoms with Crippen LogP contribution in [0, 0.1) is 6.92 Å². The van der Waals surface area contributed by atoms with E-state index >= 15 is 0 Å². The third-order valence-electron chi connectivity index (χ3n) is 5.28. The zero-order chi connectivity index (χ0) is 19.8. The molecule has 146 valence electrons. The Morgan fingerprint density at radius 2 is 1.89 bits per heavy atom. The summed E-state index contributed by atoms with van der Waals surface area (Å²) in [7, 11) is 4.39. The number of esters is 1. The van der Waals surface area contributed by atoms with Crippen LogP contribution >= 0.6 is 0 Å². The number of carbonyl (C=O) groups is 1. The molecule has 0 aromatic carbocycles. The number of hydrogen-bond donors (Lipinski definition) is 0. The predicted molar refractivity (Wildman–Crippen MR) is 106 cm³/mol. The number of fused-ring (bicyclic) bond motifs is 1. The van der Waals surface area contributed by atoms with Gasteiger partial charge in [0.15, 0.2) is 0 Å². The van der Waals surface area contributed by atoms with E-state index in [1.165, 1.54) is 0 Å². The van der Waals surface area contributed by atoms with Gasteiger partial charge in [0.05, 0.1) is 52.6 Å². The van der Waals surface area contributed by atoms with E-state index in [1.807, 2.05) is 26.0 Å². The molecule has 2 aromatic heterocycles. The zero-order valence-corrected chi connectivity index (χ0v) is 16.9. The minimum Gasteiger partial charge on any atom is -0.462 e. The Bertz CT molecular complexity index is 923. The van der Waals surface area contributed by atoms with E-state index in [1.54, 1.807) is 11.5 Å². The van der Waals surface area contributed by atoms with Crippen LogP contribution in [0.1, 0.15) is 29.9 Å². The molecular weight excluding hydrogens is 344 g/mol. The Morgan fingerprint density at radius 1 is 1.22 bits per heavy atom. The number of pyridine rings is 2. The Morgan fingerprint density at radius 3 is 2.48 bits per heavy atom. The fraction of sp³-hybridized carbons (Fsp3) is 0.550. The number of carbonyl (C=O) groups excluding carboxylic acids is 1. The van der Waals surface area contributed by atoms with Gasteiger partial charge in [-0.2, -0.15) is 0 Å². The van der Waals surface area contributed by atoms with Crippen molar-refractivity contribution >= 4 is 22.7 Å². The first-order chi connectivity index (χ1) is 12.8. The van der Waals surface area contributed by atoms with Crippen molar-refractivity contribution in [2.24, 2.45) is 0 Å². The summed E-state index contributed by atoms with van der Waals surface area (Å²) in [6.07, 6.45) is 0. The van der Waals surface area contributed by atoms with Crippen LogP contribution in [-0.4, -0.2) is 66.9 Å². The summed E-state index contributed by atoms with van der Waals surface area (Å²) in [5.41, 5.74) is 1.95. The first kappa shape index (κ1) is 19.4. The van der Waals surface area contributed by atoms with Crippen molar-refractivity contribution in [1.82, 2.24) is 9.55 Å². The first-order valence-corrected chi connectivity index (χ1v) is 9.57. The van der Waals surface area contributed by atoms with Gasteiger partial charge in [-0.1, -0.05) is 0 Å². The standard InChI is InChI=1S/C20H29N4O3/c1-6-23-18-15(9-8-14(3)21-18)17(16(19(23)25)20(26)27-7-2)22-10-12-24(4,5)13-11-22/h8-9H,6-7,10-13H2,1-5H3/q+1. The van der Waals surface area contributed by atoms with E-state index in [4.69, 9.17) is 4.74 Å². The smallest absolute Gasteiger partial charge is 0.345 e. The highest BCUT2D eigenvalue weighted by Crippen LogP contribution is 2.30. The van der Waals surface area contributed by atoms with Crippen LogP contribution in [0.3, 0.4) is 0 Å². The Balaban J connectivity index is 2.30. The summed E-state index contributed by atoms with van der Waals surface area (Å²) < 4.78 is 7.74. The van der Waals surface area contributed by atoms with Crippen LogP contribution in [-0.2, 0) is 11.3 Å². The van der Waals surface area contributed by atoms with Gasteiger partial charge in [0.25, 0.3) is 5.56 Å². The maximum Gasteiger partial charge on any atom is 0.345 e. The Hall–Kier alpha value is -2.41. The molecule has 1 saturated heterocycles. The third-order valence-corrected chi connectivity index (χ3v) is 5.28. The minimum absolute atomic E-state index is 0.129. The zero-order valence-electron chi connectivity index (χ0n) is 16.9. The molecule has 0 saturated carbocycles. The molecular formula is C20H29N4O3+. The molecule has 2 aromatic rings. The van der Waals surface area contributed by atoms with E-state index < -0.39 is 5.97 Å². The van der Waals surface area contributed by atoms with Crippen molar-refractivity contribution in [2.75, 3.05) is 51.8 Å². The molecule has 0 N–H and O–H groups in total. The summed E-state index contributed by atoms with van der Waals surface area (Å²) >= 11 is 0. The fourth-order valence-corrected chi connectivity index (χ4v) is 3.64. The van der Waals surface area contributed by atoms with Crippen LogP contribution < -0.4 is 10.5 Å². The van der Waals surface area contributed by atoms with Gasteiger partial charge < -0.3 is 14.1 Å². The number of hydrogen-bond acceptors (Lipinski definition) is 5. The Kier molecular flexibility index (Phi) is 5.24. The summed E-state index contributed by atoms with van der Waals surface area (Å²) in [6, 6.07) is 3.89. The molecule has 3 heterocycles. The summed E-state index contributed by atoms with van der Waals surface area (Å²) in [6.45, 7) is 9.67. The van der Waals surface area contributed by atoms with Crippen LogP contribution in [0.5, 0.6) is 0 Å². The Labute approximate surface area is 159 Å². The number of likely N-dealkylation sites (N-methyl/N-ethyl adjacent to an activating group) is 1. The first-order valence-electron chi connectivity index (χ1n) is 9.57. The van der Waals surface area contributed by atoms with Gasteiger partial charge in [-0.15, -0.1) is 0 Å². The number of aryl methyl sites for hydroxylation is 2. The van der Waals surface area contributed by atoms with Crippen LogP contribution in [0.2, 0.25) is 0 Å². The quantitative estimate of drug-likeness (QED) is 0.604. The summed E-state index contributed by atoms with van der Waals surface area (Å²) in [5.74, 6) is -0.554. The van der Waals surface area contributed by atoms with Gasteiger partial charge in [0.2, 0.25) is 0 Å². The van der Waals surface area contributed by atoms with E-state index in [0.717, 1.165) is 41.7 Å². The second-order valence-corrected chi connectivity index (χ2v) is 7.69. The van der Waals surface area contributed by atoms with Gasteiger partial charge in [-0.05, 0) is 32.9 Å². The van der Waals surface area contributed by atoms with Crippen molar-refractivity contribution < 1.29 is 14.0 Å². The second kappa shape index (κ2) is 7.31. The van der Waals surface area contributed by atoms with Gasteiger partial charge in [0.1, 0.15) is 11.2 Å². The molecule has 0 bridgehead atoms. The van der Waals surface area contributed by atoms with Gasteiger partial charge in [0, 0.05) is 17.6 Å². The average molecular weight is 373 g/mol. The number of quaternary nitrogens is 1. The van der Waals surface area contributed by atoms with Crippen molar-refractivity contribution in [3.05, 3.63) is 33.7 Å². The molecule has 0 unspecified atom stereocenters. The molecule has 1 aliphatic heterocycles. The molecule has 7 nitrogen and oxygen atoms in total. The molecule has 1 aliphatic rings. The lowest BCUT2D eigenvalue weighted by Gasteiger charge is -2.40. The maximum absolute atomic E-state index is 13.2. The van der Waals surface area contributed by atoms with Crippen LogP contribution in [0.25, 0.3) is 11.0 Å². The lowest BCUT2D eigenvalue weighted by Crippen LogP contribution is -2.55. The van der Waals surface area contributed by atoms with Gasteiger partial charge in [-0.3, -0.25) is 9.36 Å². The van der Waals surface area contributed by atoms with Crippen molar-refractivity contribution in [3.63, 3.8) is 0 Å². The maximum atomic E-state index is 13.2. The number of anilines is 1. The number of piperazine rings is 1. The summed E-state index contributed by atoms with van der Waals surface area (Å²) in [4.78, 5) is 32.7. The monoisotopic (exact) mass is 373 g/mol. The normalized spacial score (nSPS) is 16.6. The van der Waals surface area contributed by atoms with E-state index in [0.29, 0.717) is 17.9 Å². The van der Waals surface area contributed by atoms with Crippen LogP contribution in [0.15, 0.2) is 16.9 Å². The van der Waals surface area contributed by atoms with Crippen molar-refractivity contribution in [3.8, 4) is 0 Å². The molecule has 0 spiro atoms. The van der Waals surface area contributed by atoms with E-state index in [2.05, 4.69) is 24.0 Å². The van der Waals surface area contributed by atoms with Crippen molar-refractivity contribution in [1.29, 1.82) is 0 Å². The summed E-state index contributed by atoms with van der Waals surface area (Å²) in [5, 5.41) is 0.831. The van der Waals surface area contributed by atoms with E-state index in [9.17, 15) is 9.59 Å². The highest BCUT2D eigenvalue weighted by molar-refractivity contribution is 6.04. The number of ether oxygens (including phenoxy) is 1. The lowest BCUT2D eigenvalue weighted by molar-refractivity contribution is -0.890. The fourth-order valence-electron chi connectivity index (χ4n) is 3.64. The van der Waals surface area contributed by atoms with Gasteiger partial charge in [-0.25, -0.2) is 9.78 Å². The largest absolute Gasteiger partial charge is 0.462 e. The highest BCUT2D eigenvalue weighted by Gasteiger charge is 2.31. The highest BCUT2D eigenvalue weighted by atomic mass is 16.5. The lowest BCUT2D eigenvalue weighted by atomic mass is 10.1. The molecule has 0 radical (unpaired) electrons. The second-order valence-electron chi connectivity index (χ2n) is 7.69. The number of nitrogens with zero attached hydrogens (tertiary/aromatic N) is 4. The molecule has 27 heavy (non-hydrogen) atoms. The average Bonchev–Trinajstić information content (AvgIpc) is 2.61. The predicted octanol–water partition coefficient (Wildman–Crippen LogP) is 1.80.